The second-order valence-corrected chi connectivity index (χ2v) is 7.93. The molecule has 5 N–H and O–H groups in total. The highest BCUT2D eigenvalue weighted by molar-refractivity contribution is 5.89. The van der Waals surface area contributed by atoms with E-state index in [9.17, 15) is 14.7 Å². The standard InChI is InChI=1S/C20H28N4O6/c1-28-13-4-2-3-12(9-13)22-20(27)23-15-14-10-29-19(30-14)16(17(15)25)24-7-5-11(6-8-24)18(21)26/h2-4,9,11,14-17,19,25H,5-8,10H2,1H3,(H2,21,26)(H2,22,23,27)/t14-,15-,16-,17+,19-/m1/s1. The topological polar surface area (TPSA) is 135 Å². The molecule has 3 aliphatic rings. The van der Waals surface area contributed by atoms with Crippen molar-refractivity contribution in [1.82, 2.24) is 10.2 Å². The number of piperidine rings is 1. The smallest absolute Gasteiger partial charge is 0.319 e. The lowest BCUT2D eigenvalue weighted by Gasteiger charge is -2.45. The first-order chi connectivity index (χ1) is 14.5. The van der Waals surface area contributed by atoms with Crippen molar-refractivity contribution in [2.75, 3.05) is 32.1 Å². The molecule has 0 unspecified atom stereocenters. The number of carbonyl (C=O) groups excluding carboxylic acids is 2. The Morgan fingerprint density at radius 1 is 1.30 bits per heavy atom. The number of aliphatic hydroxyl groups excluding tert-OH is 1. The van der Waals surface area contributed by atoms with E-state index in [1.54, 1.807) is 31.4 Å². The minimum absolute atomic E-state index is 0.150. The zero-order valence-electron chi connectivity index (χ0n) is 16.8. The number of nitrogens with two attached hydrogens (primary N) is 1. The van der Waals surface area contributed by atoms with Crippen LogP contribution < -0.4 is 21.1 Å². The molecule has 4 rings (SSSR count). The van der Waals surface area contributed by atoms with E-state index in [1.807, 2.05) is 0 Å². The summed E-state index contributed by atoms with van der Waals surface area (Å²) in [6.07, 6.45) is -0.612. The number of primary amides is 1. The molecule has 1 aromatic rings. The molecule has 3 heterocycles. The number of nitrogens with one attached hydrogen (secondary N) is 2. The highest BCUT2D eigenvalue weighted by Gasteiger charge is 2.53. The quantitative estimate of drug-likeness (QED) is 0.521. The van der Waals surface area contributed by atoms with Crippen molar-refractivity contribution in [3.8, 4) is 5.75 Å². The van der Waals surface area contributed by atoms with Gasteiger partial charge in [0, 0.05) is 17.7 Å². The first kappa shape index (κ1) is 20.9. The van der Waals surface area contributed by atoms with E-state index in [-0.39, 0.29) is 11.8 Å². The fraction of sp³-hybridized carbons (Fsp3) is 0.600. The molecule has 3 saturated heterocycles. The van der Waals surface area contributed by atoms with Crippen LogP contribution in [-0.4, -0.2) is 79.3 Å². The number of carbonyl (C=O) groups is 2. The van der Waals surface area contributed by atoms with Gasteiger partial charge in [-0.15, -0.1) is 0 Å². The highest BCUT2D eigenvalue weighted by Crippen LogP contribution is 2.33. The van der Waals surface area contributed by atoms with E-state index in [2.05, 4.69) is 15.5 Å². The normalized spacial score (nSPS) is 31.9. The molecule has 30 heavy (non-hydrogen) atoms. The Morgan fingerprint density at radius 3 is 2.77 bits per heavy atom. The molecular weight excluding hydrogens is 392 g/mol. The molecule has 0 spiro atoms. The number of urea groups is 1. The van der Waals surface area contributed by atoms with Crippen LogP contribution >= 0.6 is 0 Å². The first-order valence-electron chi connectivity index (χ1n) is 10.2. The Morgan fingerprint density at radius 2 is 2.07 bits per heavy atom. The van der Waals surface area contributed by atoms with Crippen LogP contribution in [0.2, 0.25) is 0 Å². The Balaban J connectivity index is 1.41. The molecule has 2 bridgehead atoms. The number of benzene rings is 1. The van der Waals surface area contributed by atoms with Crippen molar-refractivity contribution in [3.05, 3.63) is 24.3 Å². The Hall–Kier alpha value is -2.40. The number of aliphatic hydroxyl groups is 1. The summed E-state index contributed by atoms with van der Waals surface area (Å²) >= 11 is 0. The SMILES string of the molecule is COc1cccc(NC(=O)N[C@H]2[C@H](O)[C@@H](N3CCC(C(N)=O)CC3)[C@@H]3OC[C@H]2O3)c1. The summed E-state index contributed by atoms with van der Waals surface area (Å²) in [4.78, 5) is 26.1. The van der Waals surface area contributed by atoms with Crippen LogP contribution in [0.3, 0.4) is 0 Å². The number of anilines is 1. The Kier molecular flexibility index (Phi) is 6.09. The van der Waals surface area contributed by atoms with Gasteiger partial charge in [0.2, 0.25) is 5.91 Å². The fourth-order valence-electron chi connectivity index (χ4n) is 4.47. The average Bonchev–Trinajstić information content (AvgIpc) is 3.17. The van der Waals surface area contributed by atoms with Crippen LogP contribution in [0.5, 0.6) is 5.75 Å². The number of methoxy groups -OCH3 is 1. The monoisotopic (exact) mass is 420 g/mol. The second-order valence-electron chi connectivity index (χ2n) is 7.93. The second kappa shape index (κ2) is 8.76. The van der Waals surface area contributed by atoms with Gasteiger partial charge in [0.15, 0.2) is 6.29 Å². The van der Waals surface area contributed by atoms with E-state index in [4.69, 9.17) is 19.9 Å². The molecule has 10 heteroatoms. The minimum Gasteiger partial charge on any atom is -0.497 e. The lowest BCUT2D eigenvalue weighted by Crippen LogP contribution is -2.66. The molecule has 0 radical (unpaired) electrons. The van der Waals surface area contributed by atoms with Crippen LogP contribution in [0.4, 0.5) is 10.5 Å². The molecule has 0 aromatic heterocycles. The van der Waals surface area contributed by atoms with Crippen molar-refractivity contribution in [3.63, 3.8) is 0 Å². The van der Waals surface area contributed by atoms with Crippen molar-refractivity contribution in [2.45, 2.75) is 43.4 Å². The summed E-state index contributed by atoms with van der Waals surface area (Å²) in [7, 11) is 1.55. The third-order valence-electron chi connectivity index (χ3n) is 6.11. The predicted octanol–water partition coefficient (Wildman–Crippen LogP) is -0.133. The molecule has 3 aliphatic heterocycles. The van der Waals surface area contributed by atoms with Gasteiger partial charge in [-0.25, -0.2) is 4.79 Å². The van der Waals surface area contributed by atoms with Gasteiger partial charge >= 0.3 is 6.03 Å². The maximum Gasteiger partial charge on any atom is 0.319 e. The lowest BCUT2D eigenvalue weighted by atomic mass is 9.90. The molecular formula is C20H28N4O6. The molecule has 0 aliphatic carbocycles. The predicted molar refractivity (Wildman–Crippen MR) is 107 cm³/mol. The van der Waals surface area contributed by atoms with Gasteiger partial charge in [-0.1, -0.05) is 6.07 Å². The molecule has 164 valence electrons. The summed E-state index contributed by atoms with van der Waals surface area (Å²) in [6, 6.07) is 5.49. The summed E-state index contributed by atoms with van der Waals surface area (Å²) in [5.74, 6) is 0.184. The van der Waals surface area contributed by atoms with E-state index in [1.165, 1.54) is 0 Å². The highest BCUT2D eigenvalue weighted by atomic mass is 16.7. The Bertz CT molecular complexity index is 784. The number of hydrogen-bond acceptors (Lipinski definition) is 7. The van der Waals surface area contributed by atoms with E-state index in [0.717, 1.165) is 0 Å². The fourth-order valence-corrected chi connectivity index (χ4v) is 4.47. The maximum atomic E-state index is 12.6. The Labute approximate surface area is 174 Å². The zero-order chi connectivity index (χ0) is 21.3. The van der Waals surface area contributed by atoms with Crippen molar-refractivity contribution >= 4 is 17.6 Å². The molecule has 1 aromatic carbocycles. The zero-order valence-corrected chi connectivity index (χ0v) is 16.8. The molecule has 3 fully saturated rings. The van der Waals surface area contributed by atoms with Gasteiger partial charge in [0.05, 0.1) is 31.9 Å². The number of amides is 3. The number of hydrogen-bond donors (Lipinski definition) is 4. The average molecular weight is 420 g/mol. The first-order valence-corrected chi connectivity index (χ1v) is 10.2. The van der Waals surface area contributed by atoms with Crippen LogP contribution in [0.25, 0.3) is 0 Å². The number of nitrogens with zero attached hydrogens (tertiary/aromatic N) is 1. The molecule has 10 nitrogen and oxygen atoms in total. The van der Waals surface area contributed by atoms with Gasteiger partial charge in [0.25, 0.3) is 0 Å². The van der Waals surface area contributed by atoms with Crippen LogP contribution in [0, 0.1) is 5.92 Å². The van der Waals surface area contributed by atoms with Gasteiger partial charge in [-0.3, -0.25) is 9.69 Å². The van der Waals surface area contributed by atoms with Crippen LogP contribution in [0.1, 0.15) is 12.8 Å². The molecule has 0 saturated carbocycles. The lowest BCUT2D eigenvalue weighted by molar-refractivity contribution is -0.184. The van der Waals surface area contributed by atoms with E-state index < -0.39 is 36.6 Å². The van der Waals surface area contributed by atoms with Crippen molar-refractivity contribution in [2.24, 2.45) is 11.7 Å². The number of ether oxygens (including phenoxy) is 3. The molecule has 3 amide bonds. The van der Waals surface area contributed by atoms with E-state index >= 15 is 0 Å². The van der Waals surface area contributed by atoms with Gasteiger partial charge in [0.1, 0.15) is 11.9 Å². The maximum absolute atomic E-state index is 12.6. The third kappa shape index (κ3) is 4.22. The number of rotatable bonds is 5. The van der Waals surface area contributed by atoms with E-state index in [0.29, 0.717) is 44.0 Å². The summed E-state index contributed by atoms with van der Waals surface area (Å²) in [5.41, 5.74) is 5.99. The number of fused-ring (bicyclic) bond motifs is 2. The summed E-state index contributed by atoms with van der Waals surface area (Å²) in [5, 5.41) is 16.7. The summed E-state index contributed by atoms with van der Waals surface area (Å²) in [6.45, 7) is 1.50. The van der Waals surface area contributed by atoms with Gasteiger partial charge in [-0.2, -0.15) is 0 Å². The molecule has 5 atom stereocenters. The van der Waals surface area contributed by atoms with Gasteiger partial charge < -0.3 is 35.7 Å². The van der Waals surface area contributed by atoms with Crippen LogP contribution in [-0.2, 0) is 14.3 Å². The van der Waals surface area contributed by atoms with Crippen molar-refractivity contribution in [1.29, 1.82) is 0 Å². The summed E-state index contributed by atoms with van der Waals surface area (Å²) < 4.78 is 16.8. The number of likely N-dealkylation sites (tertiary alicyclic amines) is 1. The van der Waals surface area contributed by atoms with Crippen LogP contribution in [0.15, 0.2) is 24.3 Å². The third-order valence-corrected chi connectivity index (χ3v) is 6.11. The minimum atomic E-state index is -0.877. The van der Waals surface area contributed by atoms with Gasteiger partial charge in [-0.05, 0) is 38.1 Å². The largest absolute Gasteiger partial charge is 0.497 e. The van der Waals surface area contributed by atoms with Crippen molar-refractivity contribution < 1.29 is 28.9 Å².